The molecule has 28 heavy (non-hydrogen) atoms. The summed E-state index contributed by atoms with van der Waals surface area (Å²) in [6.07, 6.45) is 6.25. The zero-order valence-corrected chi connectivity index (χ0v) is 17.1. The number of allylic oxidation sites excluding steroid dienone is 2. The Hall–Kier alpha value is -2.76. The molecule has 0 aliphatic carbocycles. The maximum absolute atomic E-state index is 6.03. The number of thiazole rings is 1. The van der Waals surface area contributed by atoms with Crippen molar-refractivity contribution in [3.63, 3.8) is 0 Å². The number of rotatable bonds is 3. The number of aromatic nitrogens is 1. The third-order valence-electron chi connectivity index (χ3n) is 4.94. The van der Waals surface area contributed by atoms with Gasteiger partial charge in [0.25, 0.3) is 9.86 Å². The number of pyridine rings is 1. The van der Waals surface area contributed by atoms with Gasteiger partial charge in [-0.1, -0.05) is 60.4 Å². The summed E-state index contributed by atoms with van der Waals surface area (Å²) in [5, 5.41) is 4.24. The molecule has 2 aromatic heterocycles. The van der Waals surface area contributed by atoms with Crippen molar-refractivity contribution < 1.29 is 9.14 Å². The number of hydrogen-bond acceptors (Lipinski definition) is 4. The second-order valence-electron chi connectivity index (χ2n) is 6.56. The van der Waals surface area contributed by atoms with E-state index in [-0.39, 0.29) is 0 Å². The van der Waals surface area contributed by atoms with E-state index in [9.17, 15) is 0 Å². The largest absolute Gasteiger partial charge is 0.439 e. The second kappa shape index (κ2) is 7.00. The first kappa shape index (κ1) is 17.3. The molecule has 1 aliphatic rings. The van der Waals surface area contributed by atoms with Gasteiger partial charge in [-0.15, -0.1) is 4.40 Å². The number of fused-ring (bicyclic) bond motifs is 4. The minimum atomic E-state index is 0.855. The van der Waals surface area contributed by atoms with Crippen LogP contribution in [-0.2, 0) is 0 Å². The van der Waals surface area contributed by atoms with E-state index < -0.39 is 0 Å². The van der Waals surface area contributed by atoms with Crippen LogP contribution in [0.4, 0.5) is 5.69 Å². The van der Waals surface area contributed by atoms with Crippen LogP contribution in [0, 0.1) is 0 Å². The van der Waals surface area contributed by atoms with Gasteiger partial charge in [0.15, 0.2) is 5.75 Å². The van der Waals surface area contributed by atoms with Crippen molar-refractivity contribution in [3.05, 3.63) is 83.6 Å². The topological polar surface area (TPSA) is 16.6 Å². The van der Waals surface area contributed by atoms with Crippen LogP contribution in [0.25, 0.3) is 21.8 Å². The Kier molecular flexibility index (Phi) is 4.34. The summed E-state index contributed by atoms with van der Waals surface area (Å²) in [7, 11) is 0. The average Bonchev–Trinajstić information content (AvgIpc) is 3.28. The van der Waals surface area contributed by atoms with Crippen molar-refractivity contribution in [2.45, 2.75) is 11.9 Å². The zero-order chi connectivity index (χ0) is 19.1. The summed E-state index contributed by atoms with van der Waals surface area (Å²) in [4.78, 5) is 3.36. The van der Waals surface area contributed by atoms with E-state index in [1.807, 2.05) is 24.3 Å². The lowest BCUT2D eigenvalue weighted by molar-refractivity contribution is -0.520. The monoisotopic (exact) mass is 403 g/mol. The van der Waals surface area contributed by atoms with Crippen molar-refractivity contribution in [2.24, 2.45) is 0 Å². The standard InChI is InChI=1S/C23H18N2OS2/c1-2-24-19-11-5-6-12-20(19)26-21(24)13-7-8-16-14-23-25(22(27)15-28-23)18-10-4-3-9-17(16)18/h3-15H,2H2,1H3/p+1. The quantitative estimate of drug-likeness (QED) is 0.349. The Balaban J connectivity index is 1.55. The lowest BCUT2D eigenvalue weighted by Crippen LogP contribution is -2.21. The molecule has 0 saturated carbocycles. The molecule has 3 nitrogen and oxygen atoms in total. The smallest absolute Gasteiger partial charge is 0.269 e. The van der Waals surface area contributed by atoms with Gasteiger partial charge in [-0.2, -0.15) is 0 Å². The Morgan fingerprint density at radius 3 is 2.86 bits per heavy atom. The molecule has 0 saturated heterocycles. The van der Waals surface area contributed by atoms with Crippen molar-refractivity contribution in [1.82, 2.24) is 0 Å². The highest BCUT2D eigenvalue weighted by Crippen LogP contribution is 2.38. The highest BCUT2D eigenvalue weighted by Gasteiger charge is 2.23. The number of ether oxygens (including phenoxy) is 1. The fraction of sp³-hybridized carbons (Fsp3) is 0.0870. The molecule has 0 radical (unpaired) electrons. The lowest BCUT2D eigenvalue weighted by atomic mass is 10.1. The van der Waals surface area contributed by atoms with E-state index in [1.165, 1.54) is 21.3 Å². The maximum Gasteiger partial charge on any atom is 0.269 e. The molecule has 0 bridgehead atoms. The van der Waals surface area contributed by atoms with Crippen LogP contribution in [0.3, 0.4) is 0 Å². The third-order valence-corrected chi connectivity index (χ3v) is 6.32. The number of benzene rings is 2. The molecule has 0 unspecified atom stereocenters. The summed E-state index contributed by atoms with van der Waals surface area (Å²) in [5.41, 5.74) is 3.47. The molecule has 0 amide bonds. The minimum absolute atomic E-state index is 0.855. The Bertz CT molecular complexity index is 1260. The molecule has 0 atom stereocenters. The normalized spacial score (nSPS) is 15.1. The predicted molar refractivity (Wildman–Crippen MR) is 119 cm³/mol. The summed E-state index contributed by atoms with van der Waals surface area (Å²) in [5.74, 6) is 1.76. The van der Waals surface area contributed by atoms with Crippen molar-refractivity contribution in [3.8, 4) is 5.75 Å². The molecule has 0 spiro atoms. The second-order valence-corrected chi connectivity index (χ2v) is 7.91. The molecule has 3 heterocycles. The van der Waals surface area contributed by atoms with E-state index in [2.05, 4.69) is 82.8 Å². The summed E-state index contributed by atoms with van der Waals surface area (Å²) in [6.45, 7) is 3.00. The van der Waals surface area contributed by atoms with Gasteiger partial charge in [0.2, 0.25) is 11.4 Å². The van der Waals surface area contributed by atoms with Crippen LogP contribution in [0.1, 0.15) is 12.5 Å². The van der Waals surface area contributed by atoms with E-state index in [0.717, 1.165) is 28.9 Å². The van der Waals surface area contributed by atoms with Crippen molar-refractivity contribution in [2.75, 3.05) is 11.4 Å². The summed E-state index contributed by atoms with van der Waals surface area (Å²) >= 11 is 6.31. The Morgan fingerprint density at radius 2 is 1.96 bits per heavy atom. The van der Waals surface area contributed by atoms with Crippen LogP contribution in [0.5, 0.6) is 5.75 Å². The van der Waals surface area contributed by atoms with Gasteiger partial charge in [0, 0.05) is 18.7 Å². The maximum atomic E-state index is 6.03. The van der Waals surface area contributed by atoms with Crippen LogP contribution >= 0.6 is 24.0 Å². The molecule has 2 aromatic carbocycles. The van der Waals surface area contributed by atoms with Crippen molar-refractivity contribution >= 4 is 51.5 Å². The van der Waals surface area contributed by atoms with Crippen molar-refractivity contribution in [1.29, 1.82) is 0 Å². The molecular weight excluding hydrogens is 384 g/mol. The molecule has 138 valence electrons. The number of para-hydroxylation sites is 3. The van der Waals surface area contributed by atoms with E-state index in [4.69, 9.17) is 4.74 Å². The molecule has 1 aliphatic heterocycles. The predicted octanol–water partition coefficient (Wildman–Crippen LogP) is 5.70. The van der Waals surface area contributed by atoms with Crippen LogP contribution in [-0.4, -0.2) is 6.54 Å². The Labute approximate surface area is 173 Å². The molecule has 0 fully saturated rings. The number of hydrogen-bond donors (Lipinski definition) is 1. The highest BCUT2D eigenvalue weighted by molar-refractivity contribution is 7.80. The van der Waals surface area contributed by atoms with E-state index in [1.54, 1.807) is 11.3 Å². The Morgan fingerprint density at radius 1 is 1.14 bits per heavy atom. The minimum Gasteiger partial charge on any atom is -0.439 e. The molecule has 0 N–H and O–H groups in total. The van der Waals surface area contributed by atoms with E-state index in [0.29, 0.717) is 0 Å². The molecule has 5 heteroatoms. The van der Waals surface area contributed by atoms with Gasteiger partial charge in [0.05, 0.1) is 16.5 Å². The lowest BCUT2D eigenvalue weighted by Gasteiger charge is -2.14. The first-order valence-corrected chi connectivity index (χ1v) is 10.6. The summed E-state index contributed by atoms with van der Waals surface area (Å²) < 4.78 is 8.22. The van der Waals surface area contributed by atoms with Gasteiger partial charge >= 0.3 is 0 Å². The van der Waals surface area contributed by atoms with Gasteiger partial charge in [-0.05, 0) is 36.8 Å². The first-order valence-electron chi connectivity index (χ1n) is 9.23. The SMILES string of the molecule is CCN1/C(=C/C=C/c2cc3scc(S)[n+]3c3ccccc23)Oc2ccccc21. The van der Waals surface area contributed by atoms with Crippen LogP contribution < -0.4 is 14.0 Å². The summed E-state index contributed by atoms with van der Waals surface area (Å²) in [6, 6.07) is 18.8. The third kappa shape index (κ3) is 2.79. The number of thiol groups is 1. The number of anilines is 1. The first-order chi connectivity index (χ1) is 13.8. The average molecular weight is 404 g/mol. The zero-order valence-electron chi connectivity index (χ0n) is 15.4. The van der Waals surface area contributed by atoms with Gasteiger partial charge < -0.3 is 9.64 Å². The van der Waals surface area contributed by atoms with E-state index >= 15 is 0 Å². The van der Waals surface area contributed by atoms with Gasteiger partial charge in [0.1, 0.15) is 0 Å². The number of nitrogens with zero attached hydrogens (tertiary/aromatic N) is 2. The fourth-order valence-electron chi connectivity index (χ4n) is 3.67. The van der Waals surface area contributed by atoms with Gasteiger partial charge in [-0.3, -0.25) is 0 Å². The van der Waals surface area contributed by atoms with Crippen LogP contribution in [0.2, 0.25) is 0 Å². The fourth-order valence-corrected chi connectivity index (χ4v) is 4.94. The van der Waals surface area contributed by atoms with Gasteiger partial charge in [-0.25, -0.2) is 0 Å². The molecule has 5 rings (SSSR count). The molecular formula is C23H19N2OS2+. The highest BCUT2D eigenvalue weighted by atomic mass is 32.1. The molecule has 4 aromatic rings. The van der Waals surface area contributed by atoms with Crippen LogP contribution in [0.15, 0.2) is 83.0 Å².